The third-order valence-electron chi connectivity index (χ3n) is 9.53. The van der Waals surface area contributed by atoms with Crippen LogP contribution in [0, 0.1) is 0 Å². The zero-order valence-electron chi connectivity index (χ0n) is 27.5. The fourth-order valence-electron chi connectivity index (χ4n) is 6.97. The van der Waals surface area contributed by atoms with Gasteiger partial charge in [0.05, 0.1) is 11.9 Å². The van der Waals surface area contributed by atoms with Crippen LogP contribution in [0.3, 0.4) is 0 Å². The Labute approximate surface area is 279 Å². The van der Waals surface area contributed by atoms with Gasteiger partial charge in [-0.1, -0.05) is 25.0 Å². The number of aromatic nitrogens is 4. The van der Waals surface area contributed by atoms with Crippen LogP contribution >= 0.6 is 0 Å². The van der Waals surface area contributed by atoms with Crippen molar-refractivity contribution in [3.63, 3.8) is 0 Å². The summed E-state index contributed by atoms with van der Waals surface area (Å²) in [6.07, 6.45) is 8.91. The summed E-state index contributed by atoms with van der Waals surface area (Å²) < 4.78 is 2.11. The van der Waals surface area contributed by atoms with Crippen LogP contribution in [0.1, 0.15) is 60.6 Å². The number of amides is 3. The summed E-state index contributed by atoms with van der Waals surface area (Å²) >= 11 is 0. The Hall–Kier alpha value is -5.04. The smallest absolute Gasteiger partial charge is 0.270 e. The highest BCUT2D eigenvalue weighted by Crippen LogP contribution is 2.35. The molecule has 13 heteroatoms. The van der Waals surface area contributed by atoms with E-state index >= 15 is 0 Å². The van der Waals surface area contributed by atoms with Gasteiger partial charge in [0.25, 0.3) is 5.91 Å². The van der Waals surface area contributed by atoms with Gasteiger partial charge in [0.15, 0.2) is 0 Å². The molecule has 1 unspecified atom stereocenters. The number of hydrogen-bond donors (Lipinski definition) is 3. The second kappa shape index (κ2) is 13.6. The number of carbonyl (C=O) groups excluding carboxylic acids is 3. The van der Waals surface area contributed by atoms with Crippen LogP contribution < -0.4 is 20.9 Å². The highest BCUT2D eigenvalue weighted by molar-refractivity contribution is 6.01. The summed E-state index contributed by atoms with van der Waals surface area (Å²) in [5, 5.41) is 9.81. The molecule has 3 aliphatic rings. The summed E-state index contributed by atoms with van der Waals surface area (Å²) in [4.78, 5) is 57.1. The zero-order valence-corrected chi connectivity index (χ0v) is 27.5. The lowest BCUT2D eigenvalue weighted by molar-refractivity contribution is -0.133. The van der Waals surface area contributed by atoms with Crippen LogP contribution in [-0.2, 0) is 16.1 Å². The Morgan fingerprint density at radius 2 is 1.79 bits per heavy atom. The predicted molar refractivity (Wildman–Crippen MR) is 184 cm³/mol. The van der Waals surface area contributed by atoms with Crippen LogP contribution in [0.2, 0.25) is 0 Å². The molecule has 3 fully saturated rings. The molecule has 48 heavy (non-hydrogen) atoms. The number of piperidine rings is 1. The molecule has 1 aliphatic carbocycles. The second-order valence-corrected chi connectivity index (χ2v) is 13.1. The molecule has 0 radical (unpaired) electrons. The molecule has 3 amide bonds. The molecule has 13 nitrogen and oxygen atoms in total. The van der Waals surface area contributed by atoms with Crippen molar-refractivity contribution in [3.8, 4) is 0 Å². The van der Waals surface area contributed by atoms with Gasteiger partial charge in [-0.15, -0.1) is 0 Å². The Morgan fingerprint density at radius 3 is 2.52 bits per heavy atom. The minimum absolute atomic E-state index is 0.0268. The molecule has 0 bridgehead atoms. The second-order valence-electron chi connectivity index (χ2n) is 13.1. The number of piperazine rings is 1. The number of rotatable bonds is 9. The van der Waals surface area contributed by atoms with Crippen molar-refractivity contribution in [2.75, 3.05) is 55.8 Å². The SMILES string of the molecule is CN(C)C(=O)c1cc2cnc(Nc3ccc(N4CCN(Cc5cccc(NC6CCC(=O)NC6=O)c5)CC4)cn3)nc2n1C1CCCC1. The summed E-state index contributed by atoms with van der Waals surface area (Å²) in [6.45, 7) is 4.41. The fourth-order valence-corrected chi connectivity index (χ4v) is 6.97. The Kier molecular flexibility index (Phi) is 8.94. The lowest BCUT2D eigenvalue weighted by atomic mass is 10.1. The van der Waals surface area contributed by atoms with Crippen molar-refractivity contribution in [2.45, 2.75) is 57.2 Å². The molecule has 7 rings (SSSR count). The minimum Gasteiger partial charge on any atom is -0.374 e. The topological polar surface area (TPSA) is 141 Å². The first kappa shape index (κ1) is 31.6. The summed E-state index contributed by atoms with van der Waals surface area (Å²) in [7, 11) is 3.55. The third kappa shape index (κ3) is 6.82. The summed E-state index contributed by atoms with van der Waals surface area (Å²) in [5.74, 6) is 0.609. The average molecular weight is 651 g/mol. The van der Waals surface area contributed by atoms with Crippen molar-refractivity contribution in [1.29, 1.82) is 0 Å². The average Bonchev–Trinajstić information content (AvgIpc) is 3.75. The number of benzene rings is 1. The zero-order chi connectivity index (χ0) is 33.2. The van der Waals surface area contributed by atoms with Crippen molar-refractivity contribution in [2.24, 2.45) is 0 Å². The predicted octanol–water partition coefficient (Wildman–Crippen LogP) is 3.93. The molecule has 2 aliphatic heterocycles. The maximum atomic E-state index is 13.0. The van der Waals surface area contributed by atoms with Crippen molar-refractivity contribution in [1.82, 2.24) is 34.6 Å². The number of fused-ring (bicyclic) bond motifs is 1. The third-order valence-corrected chi connectivity index (χ3v) is 9.53. The van der Waals surface area contributed by atoms with E-state index in [0.29, 0.717) is 30.3 Å². The Morgan fingerprint density at radius 1 is 0.979 bits per heavy atom. The molecule has 3 aromatic heterocycles. The van der Waals surface area contributed by atoms with Gasteiger partial charge < -0.3 is 25.0 Å². The van der Waals surface area contributed by atoms with Gasteiger partial charge in [0, 0.05) is 76.6 Å². The molecule has 3 N–H and O–H groups in total. The highest BCUT2D eigenvalue weighted by atomic mass is 16.2. The first-order valence-corrected chi connectivity index (χ1v) is 16.8. The van der Waals surface area contributed by atoms with E-state index in [1.807, 2.05) is 30.5 Å². The van der Waals surface area contributed by atoms with Crippen molar-refractivity contribution in [3.05, 3.63) is 66.1 Å². The van der Waals surface area contributed by atoms with E-state index in [4.69, 9.17) is 4.98 Å². The number of nitrogens with one attached hydrogen (secondary N) is 3. The number of pyridine rings is 1. The van der Waals surface area contributed by atoms with E-state index in [-0.39, 0.29) is 23.8 Å². The van der Waals surface area contributed by atoms with Gasteiger partial charge in [-0.2, -0.15) is 4.98 Å². The molecule has 2 saturated heterocycles. The molecule has 250 valence electrons. The standard InChI is InChI=1S/C35H42N10O3/c1-42(2)34(48)29-19-24-20-37-35(41-32(24)45(29)26-8-3-4-9-26)39-30-12-10-27(21-36-30)44-16-14-43(15-17-44)22-23-6-5-7-25(18-23)38-28-11-13-31(46)40-33(28)47/h5-7,10,12,18-21,26,28,38H,3-4,8-9,11,13-17,22H2,1-2H3,(H,40,46,47)(H,36,37,39,41). The van der Waals surface area contributed by atoms with Crippen LogP contribution in [0.25, 0.3) is 11.0 Å². The number of anilines is 4. The summed E-state index contributed by atoms with van der Waals surface area (Å²) in [5.41, 5.74) is 4.56. The first-order valence-electron chi connectivity index (χ1n) is 16.8. The van der Waals surface area contributed by atoms with Crippen molar-refractivity contribution >= 4 is 51.9 Å². The van der Waals surface area contributed by atoms with Gasteiger partial charge in [0.2, 0.25) is 17.8 Å². The molecule has 1 saturated carbocycles. The number of carbonyl (C=O) groups is 3. The number of hydrogen-bond acceptors (Lipinski definition) is 10. The molecular weight excluding hydrogens is 608 g/mol. The van der Waals surface area contributed by atoms with Crippen LogP contribution in [0.4, 0.5) is 23.1 Å². The Balaban J connectivity index is 0.956. The molecule has 4 aromatic rings. The fraction of sp³-hybridized carbons (Fsp3) is 0.429. The van der Waals surface area contributed by atoms with Gasteiger partial charge in [-0.05, 0) is 55.2 Å². The van der Waals surface area contributed by atoms with Gasteiger partial charge in [0.1, 0.15) is 23.2 Å². The van der Waals surface area contributed by atoms with Gasteiger partial charge in [-0.3, -0.25) is 24.6 Å². The van der Waals surface area contributed by atoms with E-state index in [2.05, 4.69) is 58.5 Å². The highest BCUT2D eigenvalue weighted by Gasteiger charge is 2.28. The molecular formula is C35H42N10O3. The first-order chi connectivity index (χ1) is 23.3. The van der Waals surface area contributed by atoms with E-state index in [1.54, 1.807) is 25.2 Å². The largest absolute Gasteiger partial charge is 0.374 e. The van der Waals surface area contributed by atoms with Crippen LogP contribution in [-0.4, -0.2) is 93.4 Å². The Bertz CT molecular complexity index is 1810. The van der Waals surface area contributed by atoms with E-state index < -0.39 is 6.04 Å². The lowest BCUT2D eigenvalue weighted by Gasteiger charge is -2.36. The van der Waals surface area contributed by atoms with Gasteiger partial charge >= 0.3 is 0 Å². The molecule has 0 spiro atoms. The van der Waals surface area contributed by atoms with Crippen molar-refractivity contribution < 1.29 is 14.4 Å². The van der Waals surface area contributed by atoms with Gasteiger partial charge in [-0.25, -0.2) is 9.97 Å². The maximum Gasteiger partial charge on any atom is 0.270 e. The molecule has 1 aromatic carbocycles. The van der Waals surface area contributed by atoms with Crippen LogP contribution in [0.15, 0.2) is 54.9 Å². The normalized spacial score (nSPS) is 19.0. The van der Waals surface area contributed by atoms with E-state index in [9.17, 15) is 14.4 Å². The number of nitrogens with zero attached hydrogens (tertiary/aromatic N) is 7. The number of imide groups is 1. The lowest BCUT2D eigenvalue weighted by Crippen LogP contribution is -2.47. The maximum absolute atomic E-state index is 13.0. The quantitative estimate of drug-likeness (QED) is 0.228. The summed E-state index contributed by atoms with van der Waals surface area (Å²) in [6, 6.07) is 13.9. The minimum atomic E-state index is -0.393. The molecule has 1 atom stereocenters. The van der Waals surface area contributed by atoms with E-state index in [1.165, 1.54) is 5.56 Å². The van der Waals surface area contributed by atoms with Crippen LogP contribution in [0.5, 0.6) is 0 Å². The molecule has 5 heterocycles. The van der Waals surface area contributed by atoms with E-state index in [0.717, 1.165) is 80.8 Å². The monoisotopic (exact) mass is 650 g/mol.